The molecule has 0 aliphatic carbocycles. The minimum atomic E-state index is 0.814. The molecular weight excluding hydrogens is 540 g/mol. The van der Waals surface area contributed by atoms with E-state index in [4.69, 9.17) is 14.4 Å². The fourth-order valence-electron chi connectivity index (χ4n) is 6.73. The highest BCUT2D eigenvalue weighted by atomic mass is 16.3. The van der Waals surface area contributed by atoms with Gasteiger partial charge in [0.2, 0.25) is 5.71 Å². The SMILES string of the molecule is c1cc(-c2ccc3oc4c(c3c2)c2ccccc2c2nc3ccccc3n24)cc(-c2ccc3ccc4cccnc4c3n2)c1. The third-order valence-corrected chi connectivity index (χ3v) is 8.79. The van der Waals surface area contributed by atoms with Crippen molar-refractivity contribution in [2.75, 3.05) is 0 Å². The first-order valence-corrected chi connectivity index (χ1v) is 14.7. The van der Waals surface area contributed by atoms with Crippen LogP contribution in [0.3, 0.4) is 0 Å². The molecule has 10 rings (SSSR count). The van der Waals surface area contributed by atoms with Crippen LogP contribution in [-0.4, -0.2) is 19.4 Å². The molecule has 5 heterocycles. The van der Waals surface area contributed by atoms with Gasteiger partial charge in [0.1, 0.15) is 11.2 Å². The van der Waals surface area contributed by atoms with E-state index in [2.05, 4.69) is 125 Å². The van der Waals surface area contributed by atoms with Gasteiger partial charge in [-0.2, -0.15) is 0 Å². The number of aromatic nitrogens is 4. The van der Waals surface area contributed by atoms with E-state index in [9.17, 15) is 0 Å². The van der Waals surface area contributed by atoms with Crippen molar-refractivity contribution in [3.63, 3.8) is 0 Å². The molecule has 5 aromatic heterocycles. The molecule has 0 aliphatic rings. The van der Waals surface area contributed by atoms with E-state index in [0.29, 0.717) is 0 Å². The first kappa shape index (κ1) is 23.5. The van der Waals surface area contributed by atoms with Crippen molar-refractivity contribution < 1.29 is 4.42 Å². The van der Waals surface area contributed by atoms with Crippen molar-refractivity contribution in [3.05, 3.63) is 134 Å². The molecule has 0 amide bonds. The van der Waals surface area contributed by atoms with Crippen LogP contribution in [0.1, 0.15) is 0 Å². The Kier molecular flexibility index (Phi) is 4.66. The molecule has 5 nitrogen and oxygen atoms in total. The highest BCUT2D eigenvalue weighted by Gasteiger charge is 2.19. The topological polar surface area (TPSA) is 56.2 Å². The zero-order valence-electron chi connectivity index (χ0n) is 23.4. The zero-order chi connectivity index (χ0) is 28.8. The number of benzene rings is 5. The number of para-hydroxylation sites is 2. The summed E-state index contributed by atoms with van der Waals surface area (Å²) in [6, 6.07) is 44.3. The van der Waals surface area contributed by atoms with Crippen molar-refractivity contribution in [2.24, 2.45) is 0 Å². The second kappa shape index (κ2) is 8.72. The van der Waals surface area contributed by atoms with Gasteiger partial charge in [-0.05, 0) is 59.0 Å². The lowest BCUT2D eigenvalue weighted by atomic mass is 9.98. The van der Waals surface area contributed by atoms with Gasteiger partial charge in [-0.1, -0.05) is 84.9 Å². The lowest BCUT2D eigenvalue weighted by Gasteiger charge is -2.08. The summed E-state index contributed by atoms with van der Waals surface area (Å²) in [4.78, 5) is 14.7. The second-order valence-corrected chi connectivity index (χ2v) is 11.3. The average Bonchev–Trinajstić information content (AvgIpc) is 3.67. The Hall–Kier alpha value is -6.07. The molecular formula is C39H22N4O. The fourth-order valence-corrected chi connectivity index (χ4v) is 6.73. The highest BCUT2D eigenvalue weighted by molar-refractivity contribution is 6.22. The largest absolute Gasteiger partial charge is 0.439 e. The van der Waals surface area contributed by atoms with Crippen molar-refractivity contribution in [1.29, 1.82) is 0 Å². The van der Waals surface area contributed by atoms with Crippen LogP contribution in [0, 0.1) is 0 Å². The zero-order valence-corrected chi connectivity index (χ0v) is 23.4. The van der Waals surface area contributed by atoms with E-state index in [0.717, 1.165) is 93.7 Å². The summed E-state index contributed by atoms with van der Waals surface area (Å²) in [5, 5.41) is 6.60. The van der Waals surface area contributed by atoms with Gasteiger partial charge < -0.3 is 4.42 Å². The van der Waals surface area contributed by atoms with Crippen LogP contribution in [0.15, 0.2) is 138 Å². The molecule has 0 aliphatic heterocycles. The summed E-state index contributed by atoms with van der Waals surface area (Å²) in [7, 11) is 0. The summed E-state index contributed by atoms with van der Waals surface area (Å²) < 4.78 is 8.77. The third kappa shape index (κ3) is 3.26. The van der Waals surface area contributed by atoms with Crippen molar-refractivity contribution >= 4 is 71.3 Å². The van der Waals surface area contributed by atoms with Crippen LogP contribution >= 0.6 is 0 Å². The Bertz CT molecular complexity index is 2790. The maximum Gasteiger partial charge on any atom is 0.215 e. The Morgan fingerprint density at radius 1 is 0.545 bits per heavy atom. The van der Waals surface area contributed by atoms with Gasteiger partial charge in [0.25, 0.3) is 0 Å². The summed E-state index contributed by atoms with van der Waals surface area (Å²) >= 11 is 0. The molecule has 204 valence electrons. The minimum absolute atomic E-state index is 0.814. The molecule has 0 bridgehead atoms. The minimum Gasteiger partial charge on any atom is -0.439 e. The lowest BCUT2D eigenvalue weighted by molar-refractivity contribution is 0.650. The van der Waals surface area contributed by atoms with Gasteiger partial charge in [-0.3, -0.25) is 9.38 Å². The van der Waals surface area contributed by atoms with Gasteiger partial charge >= 0.3 is 0 Å². The van der Waals surface area contributed by atoms with E-state index >= 15 is 0 Å². The molecule has 0 radical (unpaired) electrons. The fraction of sp³-hybridized carbons (Fsp3) is 0. The molecule has 44 heavy (non-hydrogen) atoms. The number of rotatable bonds is 2. The molecule has 0 N–H and O–H groups in total. The predicted octanol–water partition coefficient (Wildman–Crippen LogP) is 9.97. The predicted molar refractivity (Wildman–Crippen MR) is 179 cm³/mol. The average molecular weight is 563 g/mol. The summed E-state index contributed by atoms with van der Waals surface area (Å²) in [5.74, 6) is 0. The maximum absolute atomic E-state index is 6.61. The van der Waals surface area contributed by atoms with Crippen molar-refractivity contribution in [3.8, 4) is 22.4 Å². The number of nitrogens with zero attached hydrogens (tertiary/aromatic N) is 4. The van der Waals surface area contributed by atoms with Crippen LogP contribution in [0.2, 0.25) is 0 Å². The number of furan rings is 1. The second-order valence-electron chi connectivity index (χ2n) is 11.3. The van der Waals surface area contributed by atoms with Crippen LogP contribution in [0.5, 0.6) is 0 Å². The number of fused-ring (bicyclic) bond motifs is 13. The van der Waals surface area contributed by atoms with E-state index in [1.807, 2.05) is 18.3 Å². The van der Waals surface area contributed by atoms with E-state index in [1.54, 1.807) is 0 Å². The Morgan fingerprint density at radius 3 is 2.30 bits per heavy atom. The Morgan fingerprint density at radius 2 is 1.34 bits per heavy atom. The highest BCUT2D eigenvalue weighted by Crippen LogP contribution is 2.40. The Balaban J connectivity index is 1.19. The molecule has 0 unspecified atom stereocenters. The van der Waals surface area contributed by atoms with Gasteiger partial charge in [0, 0.05) is 33.3 Å². The van der Waals surface area contributed by atoms with Gasteiger partial charge in [-0.25, -0.2) is 9.97 Å². The number of pyridine rings is 3. The van der Waals surface area contributed by atoms with E-state index in [-0.39, 0.29) is 0 Å². The number of hydrogen-bond donors (Lipinski definition) is 0. The van der Waals surface area contributed by atoms with Crippen molar-refractivity contribution in [1.82, 2.24) is 19.4 Å². The molecule has 0 saturated carbocycles. The summed E-state index contributed by atoms with van der Waals surface area (Å²) in [6.07, 6.45) is 1.83. The molecule has 0 spiro atoms. The molecule has 0 atom stereocenters. The van der Waals surface area contributed by atoms with Crippen LogP contribution in [0.4, 0.5) is 0 Å². The third-order valence-electron chi connectivity index (χ3n) is 8.79. The standard InChI is InChI=1S/C39H22N4O/c1-2-11-29-28(10-1)35-30-22-26(17-19-34(30)44-39(35)43-33-13-4-3-12-32(33)42-38(29)43)25-7-5-8-27(21-25)31-18-16-24-15-14-23-9-6-20-40-36(23)37(24)41-31/h1-22H. The van der Waals surface area contributed by atoms with Gasteiger partial charge in [0.05, 0.1) is 33.1 Å². The number of hydrogen-bond acceptors (Lipinski definition) is 4. The van der Waals surface area contributed by atoms with Crippen LogP contribution in [0.25, 0.3) is 93.7 Å². The molecule has 5 aromatic carbocycles. The van der Waals surface area contributed by atoms with Crippen LogP contribution < -0.4 is 0 Å². The maximum atomic E-state index is 6.61. The van der Waals surface area contributed by atoms with E-state index < -0.39 is 0 Å². The van der Waals surface area contributed by atoms with Gasteiger partial charge in [-0.15, -0.1) is 0 Å². The first-order chi connectivity index (χ1) is 21.8. The molecule has 10 aromatic rings. The summed E-state index contributed by atoms with van der Waals surface area (Å²) in [6.45, 7) is 0. The van der Waals surface area contributed by atoms with Crippen LogP contribution in [-0.2, 0) is 0 Å². The smallest absolute Gasteiger partial charge is 0.215 e. The quantitative estimate of drug-likeness (QED) is 0.197. The molecule has 5 heteroatoms. The van der Waals surface area contributed by atoms with E-state index in [1.165, 1.54) is 0 Å². The molecule has 0 saturated heterocycles. The Labute approximate surface area is 250 Å². The first-order valence-electron chi connectivity index (χ1n) is 14.7. The monoisotopic (exact) mass is 562 g/mol. The van der Waals surface area contributed by atoms with Gasteiger partial charge in [0.15, 0.2) is 0 Å². The summed E-state index contributed by atoms with van der Waals surface area (Å²) in [5.41, 5.74) is 10.6. The normalized spacial score (nSPS) is 12.1. The molecule has 0 fully saturated rings. The number of imidazole rings is 1. The van der Waals surface area contributed by atoms with Crippen molar-refractivity contribution in [2.45, 2.75) is 0 Å². The lowest BCUT2D eigenvalue weighted by Crippen LogP contribution is -1.89.